The van der Waals surface area contributed by atoms with Crippen molar-refractivity contribution < 1.29 is 9.53 Å². The second-order valence-electron chi connectivity index (χ2n) is 7.14. The van der Waals surface area contributed by atoms with Crippen LogP contribution in [0.15, 0.2) is 46.9 Å². The van der Waals surface area contributed by atoms with Gasteiger partial charge in [0, 0.05) is 34.0 Å². The first-order chi connectivity index (χ1) is 12.9. The highest BCUT2D eigenvalue weighted by molar-refractivity contribution is 9.10. The summed E-state index contributed by atoms with van der Waals surface area (Å²) in [7, 11) is 1.68. The zero-order valence-electron chi connectivity index (χ0n) is 16.0. The van der Waals surface area contributed by atoms with Gasteiger partial charge < -0.3 is 15.0 Å². The lowest BCUT2D eigenvalue weighted by Crippen LogP contribution is -2.16. The first-order valence-electron chi connectivity index (χ1n) is 9.07. The number of carbonyl (C=O) groups is 1. The molecule has 27 heavy (non-hydrogen) atoms. The molecule has 0 unspecified atom stereocenters. The lowest BCUT2D eigenvalue weighted by Gasteiger charge is -2.11. The fourth-order valence-corrected chi connectivity index (χ4v) is 3.92. The van der Waals surface area contributed by atoms with Gasteiger partial charge in [0.25, 0.3) is 0 Å². The minimum absolute atomic E-state index is 0.194. The van der Waals surface area contributed by atoms with Crippen LogP contribution in [-0.4, -0.2) is 17.6 Å². The first-order valence-corrected chi connectivity index (χ1v) is 9.86. The van der Waals surface area contributed by atoms with Crippen molar-refractivity contribution in [1.29, 1.82) is 0 Å². The summed E-state index contributed by atoms with van der Waals surface area (Å²) >= 11 is 3.49. The third kappa shape index (κ3) is 4.35. The van der Waals surface area contributed by atoms with Gasteiger partial charge in [0.05, 0.1) is 7.11 Å². The van der Waals surface area contributed by atoms with E-state index in [4.69, 9.17) is 10.5 Å². The van der Waals surface area contributed by atoms with Crippen LogP contribution in [0.5, 0.6) is 5.75 Å². The smallest absolute Gasteiger partial charge is 0.217 e. The van der Waals surface area contributed by atoms with E-state index in [0.29, 0.717) is 6.42 Å². The molecule has 142 valence electrons. The Morgan fingerprint density at radius 1 is 1.22 bits per heavy atom. The van der Waals surface area contributed by atoms with Gasteiger partial charge in [-0.05, 0) is 60.7 Å². The number of nitrogens with zero attached hydrogens (tertiary/aromatic N) is 1. The maximum Gasteiger partial charge on any atom is 0.217 e. The number of nitrogens with two attached hydrogens (primary N) is 1. The fraction of sp³-hybridized carbons (Fsp3) is 0.318. The molecule has 0 saturated heterocycles. The Hall–Kier alpha value is -2.27. The Morgan fingerprint density at radius 3 is 2.56 bits per heavy atom. The number of benzene rings is 2. The topological polar surface area (TPSA) is 57.2 Å². The monoisotopic (exact) mass is 428 g/mol. The molecular weight excluding hydrogens is 404 g/mol. The van der Waals surface area contributed by atoms with Crippen molar-refractivity contribution in [3.05, 3.63) is 63.8 Å². The molecule has 0 aliphatic rings. The van der Waals surface area contributed by atoms with E-state index < -0.39 is 0 Å². The van der Waals surface area contributed by atoms with Gasteiger partial charge in [-0.2, -0.15) is 0 Å². The number of fused-ring (bicyclic) bond motifs is 1. The van der Waals surface area contributed by atoms with Crippen molar-refractivity contribution in [3.63, 3.8) is 0 Å². The standard InChI is InChI=1S/C22H25BrN2O2/c1-14(11-22(24)26)10-19-15(2)25(13-16-4-6-17(23)7-5-16)21-9-8-18(27-3)12-20(19)21/h4-9,12,14H,10-11,13H2,1-3H3,(H2,24,26)/t14-/m1/s1. The van der Waals surface area contributed by atoms with Crippen LogP contribution in [-0.2, 0) is 17.8 Å². The third-order valence-corrected chi connectivity index (χ3v) is 5.55. The SMILES string of the molecule is COc1ccc2c(c1)c(C[C@@H](C)CC(N)=O)c(C)n2Cc1ccc(Br)cc1. The summed E-state index contributed by atoms with van der Waals surface area (Å²) in [5.74, 6) is 0.780. The number of hydrogen-bond donors (Lipinski definition) is 1. The van der Waals surface area contributed by atoms with Crippen molar-refractivity contribution >= 4 is 32.7 Å². The number of rotatable bonds is 7. The molecule has 0 spiro atoms. The summed E-state index contributed by atoms with van der Waals surface area (Å²) in [6.07, 6.45) is 1.20. The Bertz CT molecular complexity index is 961. The number of primary amides is 1. The van der Waals surface area contributed by atoms with Gasteiger partial charge in [0.1, 0.15) is 5.75 Å². The predicted octanol–water partition coefficient (Wildman–Crippen LogP) is 4.82. The van der Waals surface area contributed by atoms with Crippen molar-refractivity contribution in [2.75, 3.05) is 7.11 Å². The van der Waals surface area contributed by atoms with Gasteiger partial charge in [-0.15, -0.1) is 0 Å². The number of hydrogen-bond acceptors (Lipinski definition) is 2. The number of methoxy groups -OCH3 is 1. The van der Waals surface area contributed by atoms with Crippen molar-refractivity contribution in [2.24, 2.45) is 11.7 Å². The Morgan fingerprint density at radius 2 is 1.93 bits per heavy atom. The van der Waals surface area contributed by atoms with E-state index >= 15 is 0 Å². The van der Waals surface area contributed by atoms with Crippen LogP contribution in [0.1, 0.15) is 30.2 Å². The van der Waals surface area contributed by atoms with Gasteiger partial charge in [-0.1, -0.05) is 35.0 Å². The molecule has 2 aromatic carbocycles. The van der Waals surface area contributed by atoms with Gasteiger partial charge in [0.2, 0.25) is 5.91 Å². The third-order valence-electron chi connectivity index (χ3n) is 5.02. The van der Waals surface area contributed by atoms with E-state index in [1.54, 1.807) is 7.11 Å². The molecule has 1 aromatic heterocycles. The maximum absolute atomic E-state index is 11.3. The summed E-state index contributed by atoms with van der Waals surface area (Å²) in [4.78, 5) is 11.3. The average Bonchev–Trinajstić information content (AvgIpc) is 2.88. The molecule has 1 heterocycles. The van der Waals surface area contributed by atoms with Crippen LogP contribution in [0.25, 0.3) is 10.9 Å². The molecule has 0 bridgehead atoms. The molecule has 0 fully saturated rings. The molecule has 0 aliphatic carbocycles. The van der Waals surface area contributed by atoms with Gasteiger partial charge in [0.15, 0.2) is 0 Å². The molecule has 0 aliphatic heterocycles. The summed E-state index contributed by atoms with van der Waals surface area (Å²) in [5, 5.41) is 1.18. The van der Waals surface area contributed by atoms with E-state index in [0.717, 1.165) is 23.2 Å². The van der Waals surface area contributed by atoms with Crippen LogP contribution in [0, 0.1) is 12.8 Å². The van der Waals surface area contributed by atoms with Crippen molar-refractivity contribution in [2.45, 2.75) is 33.2 Å². The van der Waals surface area contributed by atoms with Gasteiger partial charge >= 0.3 is 0 Å². The highest BCUT2D eigenvalue weighted by Gasteiger charge is 2.18. The highest BCUT2D eigenvalue weighted by Crippen LogP contribution is 2.32. The number of amides is 1. The summed E-state index contributed by atoms with van der Waals surface area (Å²) in [5.41, 5.74) is 10.3. The number of halogens is 1. The normalized spacial score (nSPS) is 12.3. The van der Waals surface area contributed by atoms with E-state index in [-0.39, 0.29) is 11.8 Å². The molecule has 3 aromatic rings. The zero-order chi connectivity index (χ0) is 19.6. The summed E-state index contributed by atoms with van der Waals surface area (Å²) in [6, 6.07) is 14.6. The molecule has 1 amide bonds. The Labute approximate surface area is 168 Å². The van der Waals surface area contributed by atoms with Crippen LogP contribution < -0.4 is 10.5 Å². The minimum atomic E-state index is -0.253. The predicted molar refractivity (Wildman–Crippen MR) is 113 cm³/mol. The van der Waals surface area contributed by atoms with Gasteiger partial charge in [-0.25, -0.2) is 0 Å². The van der Waals surface area contributed by atoms with Crippen molar-refractivity contribution in [1.82, 2.24) is 4.57 Å². The molecule has 4 nitrogen and oxygen atoms in total. The second-order valence-corrected chi connectivity index (χ2v) is 8.06. The van der Waals surface area contributed by atoms with E-state index in [1.165, 1.54) is 27.7 Å². The van der Waals surface area contributed by atoms with Crippen LogP contribution in [0.4, 0.5) is 0 Å². The van der Waals surface area contributed by atoms with Crippen LogP contribution in [0.3, 0.4) is 0 Å². The maximum atomic E-state index is 11.3. The Balaban J connectivity index is 2.06. The van der Waals surface area contributed by atoms with E-state index in [2.05, 4.69) is 70.7 Å². The van der Waals surface area contributed by atoms with Crippen LogP contribution in [0.2, 0.25) is 0 Å². The molecule has 3 rings (SSSR count). The number of ether oxygens (including phenoxy) is 1. The fourth-order valence-electron chi connectivity index (χ4n) is 3.66. The molecule has 0 saturated carbocycles. The lowest BCUT2D eigenvalue weighted by atomic mass is 9.96. The molecule has 2 N–H and O–H groups in total. The Kier molecular flexibility index (Phi) is 5.90. The van der Waals surface area contributed by atoms with Crippen molar-refractivity contribution in [3.8, 4) is 5.75 Å². The quantitative estimate of drug-likeness (QED) is 0.585. The highest BCUT2D eigenvalue weighted by atomic mass is 79.9. The van der Waals surface area contributed by atoms with E-state index in [9.17, 15) is 4.79 Å². The van der Waals surface area contributed by atoms with E-state index in [1.807, 2.05) is 6.07 Å². The summed E-state index contributed by atoms with van der Waals surface area (Å²) in [6.45, 7) is 5.02. The van der Waals surface area contributed by atoms with Gasteiger partial charge in [-0.3, -0.25) is 4.79 Å². The van der Waals surface area contributed by atoms with Crippen LogP contribution >= 0.6 is 15.9 Å². The largest absolute Gasteiger partial charge is 0.497 e. The number of carbonyl (C=O) groups excluding carboxylic acids is 1. The average molecular weight is 429 g/mol. The number of aromatic nitrogens is 1. The molecule has 0 radical (unpaired) electrons. The summed E-state index contributed by atoms with van der Waals surface area (Å²) < 4.78 is 8.85. The zero-order valence-corrected chi connectivity index (χ0v) is 17.5. The molecule has 5 heteroatoms. The second kappa shape index (κ2) is 8.17. The lowest BCUT2D eigenvalue weighted by molar-refractivity contribution is -0.118. The molecular formula is C22H25BrN2O2. The minimum Gasteiger partial charge on any atom is -0.497 e. The first kappa shape index (κ1) is 19.5. The molecule has 1 atom stereocenters.